The molecule has 0 aliphatic heterocycles. The van der Waals surface area contributed by atoms with E-state index in [1.807, 2.05) is 0 Å². The molecule has 0 bridgehead atoms. The zero-order chi connectivity index (χ0) is 16.3. The molecule has 0 amide bonds. The summed E-state index contributed by atoms with van der Waals surface area (Å²) in [7, 11) is 0. The highest BCUT2D eigenvalue weighted by atomic mass is 19.4. The third-order valence-corrected chi connectivity index (χ3v) is 2.75. The molecule has 8 heteroatoms. The fourth-order valence-electron chi connectivity index (χ4n) is 1.96. The number of hydrogen-bond acceptors (Lipinski definition) is 2. The van der Waals surface area contributed by atoms with E-state index in [0.29, 0.717) is 11.0 Å². The quantitative estimate of drug-likeness (QED) is 0.831. The SMILES string of the molecule is CCCN(CC(F)(F)F)c1ccc(CO)cc1C(F)(F)F. The minimum Gasteiger partial charge on any atom is -0.392 e. The third-order valence-electron chi connectivity index (χ3n) is 2.75. The number of anilines is 1. The molecule has 0 aliphatic rings. The molecule has 0 atom stereocenters. The average Bonchev–Trinajstić information content (AvgIpc) is 2.35. The molecule has 0 unspecified atom stereocenters. The van der Waals surface area contributed by atoms with Crippen molar-refractivity contribution in [3.63, 3.8) is 0 Å². The molecule has 0 fully saturated rings. The van der Waals surface area contributed by atoms with Crippen LogP contribution < -0.4 is 4.90 Å². The van der Waals surface area contributed by atoms with Gasteiger partial charge in [0, 0.05) is 12.2 Å². The summed E-state index contributed by atoms with van der Waals surface area (Å²) in [5.41, 5.74) is -1.71. The normalized spacial score (nSPS) is 12.6. The molecular weight excluding hydrogens is 300 g/mol. The summed E-state index contributed by atoms with van der Waals surface area (Å²) < 4.78 is 76.6. The molecule has 0 aromatic heterocycles. The highest BCUT2D eigenvalue weighted by Crippen LogP contribution is 2.38. The number of rotatable bonds is 5. The van der Waals surface area contributed by atoms with Crippen LogP contribution >= 0.6 is 0 Å². The lowest BCUT2D eigenvalue weighted by Gasteiger charge is -2.28. The molecule has 1 aromatic carbocycles. The monoisotopic (exact) mass is 315 g/mol. The first-order valence-electron chi connectivity index (χ1n) is 6.21. The van der Waals surface area contributed by atoms with Gasteiger partial charge < -0.3 is 10.0 Å². The molecule has 0 spiro atoms. The zero-order valence-corrected chi connectivity index (χ0v) is 11.2. The Labute approximate surface area is 118 Å². The van der Waals surface area contributed by atoms with Gasteiger partial charge in [0.15, 0.2) is 0 Å². The second kappa shape index (κ2) is 6.55. The summed E-state index contributed by atoms with van der Waals surface area (Å²) in [5.74, 6) is 0. The fourth-order valence-corrected chi connectivity index (χ4v) is 1.96. The summed E-state index contributed by atoms with van der Waals surface area (Å²) in [6.45, 7) is -0.640. The van der Waals surface area contributed by atoms with E-state index in [1.165, 1.54) is 6.07 Å². The molecule has 21 heavy (non-hydrogen) atoms. The van der Waals surface area contributed by atoms with Gasteiger partial charge in [-0.2, -0.15) is 26.3 Å². The van der Waals surface area contributed by atoms with Crippen LogP contribution in [0.3, 0.4) is 0 Å². The Balaban J connectivity index is 3.29. The van der Waals surface area contributed by atoms with Gasteiger partial charge in [0.1, 0.15) is 6.54 Å². The number of alkyl halides is 6. The van der Waals surface area contributed by atoms with Crippen molar-refractivity contribution >= 4 is 5.69 Å². The largest absolute Gasteiger partial charge is 0.418 e. The van der Waals surface area contributed by atoms with Crippen LogP contribution in [0, 0.1) is 0 Å². The maximum atomic E-state index is 13.0. The van der Waals surface area contributed by atoms with Crippen molar-refractivity contribution in [1.29, 1.82) is 0 Å². The predicted molar refractivity (Wildman–Crippen MR) is 65.9 cm³/mol. The second-order valence-corrected chi connectivity index (χ2v) is 4.54. The first-order valence-corrected chi connectivity index (χ1v) is 6.21. The zero-order valence-electron chi connectivity index (χ0n) is 11.2. The number of hydrogen-bond donors (Lipinski definition) is 1. The van der Waals surface area contributed by atoms with E-state index in [9.17, 15) is 26.3 Å². The van der Waals surface area contributed by atoms with Crippen LogP contribution in [0.15, 0.2) is 18.2 Å². The van der Waals surface area contributed by atoms with Gasteiger partial charge in [0.2, 0.25) is 0 Å². The van der Waals surface area contributed by atoms with Crippen LogP contribution in [0.1, 0.15) is 24.5 Å². The van der Waals surface area contributed by atoms with Gasteiger partial charge in [-0.15, -0.1) is 0 Å². The van der Waals surface area contributed by atoms with Gasteiger partial charge in [-0.05, 0) is 24.1 Å². The van der Waals surface area contributed by atoms with Crippen LogP contribution in [0.25, 0.3) is 0 Å². The third kappa shape index (κ3) is 5.11. The Morgan fingerprint density at radius 1 is 1.10 bits per heavy atom. The molecule has 0 saturated carbocycles. The molecule has 0 heterocycles. The molecule has 0 saturated heterocycles. The number of aliphatic hydroxyl groups excluding tert-OH is 1. The average molecular weight is 315 g/mol. The highest BCUT2D eigenvalue weighted by Gasteiger charge is 2.38. The van der Waals surface area contributed by atoms with Crippen molar-refractivity contribution in [3.8, 4) is 0 Å². The fraction of sp³-hybridized carbons (Fsp3) is 0.538. The van der Waals surface area contributed by atoms with Crippen molar-refractivity contribution in [2.75, 3.05) is 18.0 Å². The Morgan fingerprint density at radius 2 is 1.71 bits per heavy atom. The maximum Gasteiger partial charge on any atom is 0.418 e. The van der Waals surface area contributed by atoms with E-state index in [1.54, 1.807) is 6.92 Å². The van der Waals surface area contributed by atoms with Crippen molar-refractivity contribution < 1.29 is 31.4 Å². The standard InChI is InChI=1S/C13H15F6NO/c1-2-5-20(8-12(14,15)16)11-4-3-9(7-21)6-10(11)13(17,18)19/h3-4,6,21H,2,5,7-8H2,1H3. The van der Waals surface area contributed by atoms with Crippen molar-refractivity contribution in [3.05, 3.63) is 29.3 Å². The van der Waals surface area contributed by atoms with Gasteiger partial charge >= 0.3 is 12.4 Å². The van der Waals surface area contributed by atoms with Gasteiger partial charge in [-0.3, -0.25) is 0 Å². The molecule has 0 aliphatic carbocycles. The van der Waals surface area contributed by atoms with Crippen molar-refractivity contribution in [2.45, 2.75) is 32.3 Å². The van der Waals surface area contributed by atoms with Crippen LogP contribution in [0.5, 0.6) is 0 Å². The summed E-state index contributed by atoms with van der Waals surface area (Å²) in [6, 6.07) is 2.83. The first kappa shape index (κ1) is 17.6. The summed E-state index contributed by atoms with van der Waals surface area (Å²) in [4.78, 5) is 0.657. The van der Waals surface area contributed by atoms with E-state index in [2.05, 4.69) is 0 Å². The van der Waals surface area contributed by atoms with Crippen molar-refractivity contribution in [1.82, 2.24) is 0 Å². The molecular formula is C13H15F6NO. The van der Waals surface area contributed by atoms with Crippen LogP contribution in [0.2, 0.25) is 0 Å². The number of benzene rings is 1. The Kier molecular flexibility index (Phi) is 5.49. The summed E-state index contributed by atoms with van der Waals surface area (Å²) in [6.07, 6.45) is -9.12. The Morgan fingerprint density at radius 3 is 2.14 bits per heavy atom. The van der Waals surface area contributed by atoms with E-state index in [4.69, 9.17) is 5.11 Å². The summed E-state index contributed by atoms with van der Waals surface area (Å²) >= 11 is 0. The van der Waals surface area contributed by atoms with Gasteiger partial charge in [0.25, 0.3) is 0 Å². The number of halogens is 6. The van der Waals surface area contributed by atoms with E-state index < -0.39 is 36.8 Å². The number of aliphatic hydroxyl groups is 1. The molecule has 1 N–H and O–H groups in total. The van der Waals surface area contributed by atoms with Crippen LogP contribution in [0.4, 0.5) is 32.0 Å². The lowest BCUT2D eigenvalue weighted by molar-refractivity contribution is -0.138. The van der Waals surface area contributed by atoms with E-state index in [0.717, 1.165) is 6.07 Å². The Hall–Kier alpha value is -1.44. The van der Waals surface area contributed by atoms with Crippen molar-refractivity contribution in [2.24, 2.45) is 0 Å². The first-order chi connectivity index (χ1) is 9.58. The molecule has 2 nitrogen and oxygen atoms in total. The molecule has 0 radical (unpaired) electrons. The van der Waals surface area contributed by atoms with Crippen LogP contribution in [-0.4, -0.2) is 24.4 Å². The molecule has 120 valence electrons. The topological polar surface area (TPSA) is 23.5 Å². The summed E-state index contributed by atoms with van der Waals surface area (Å²) in [5, 5.41) is 8.89. The predicted octanol–water partition coefficient (Wildman–Crippen LogP) is 3.98. The van der Waals surface area contributed by atoms with Gasteiger partial charge in [-0.25, -0.2) is 0 Å². The maximum absolute atomic E-state index is 13.0. The van der Waals surface area contributed by atoms with Gasteiger partial charge in [-0.1, -0.05) is 13.0 Å². The molecule has 1 rings (SSSR count). The lowest BCUT2D eigenvalue weighted by Crippen LogP contribution is -2.36. The van der Waals surface area contributed by atoms with Crippen LogP contribution in [-0.2, 0) is 12.8 Å². The van der Waals surface area contributed by atoms with Gasteiger partial charge in [0.05, 0.1) is 12.2 Å². The second-order valence-electron chi connectivity index (χ2n) is 4.54. The molecule has 1 aromatic rings. The lowest BCUT2D eigenvalue weighted by atomic mass is 10.1. The Bertz CT molecular complexity index is 469. The van der Waals surface area contributed by atoms with E-state index in [-0.39, 0.29) is 18.5 Å². The highest BCUT2D eigenvalue weighted by molar-refractivity contribution is 5.56. The number of nitrogens with zero attached hydrogens (tertiary/aromatic N) is 1. The minimum absolute atomic E-state index is 0.00506. The van der Waals surface area contributed by atoms with E-state index >= 15 is 0 Å². The minimum atomic E-state index is -4.79. The smallest absolute Gasteiger partial charge is 0.392 e.